The monoisotopic (exact) mass is 474 g/mol. The quantitative estimate of drug-likeness (QED) is 0.179. The van der Waals surface area contributed by atoms with E-state index in [9.17, 15) is 4.79 Å². The van der Waals surface area contributed by atoms with Crippen molar-refractivity contribution in [2.24, 2.45) is 0 Å². The summed E-state index contributed by atoms with van der Waals surface area (Å²) in [5.41, 5.74) is 7.21. The smallest absolute Gasteiger partial charge is 0.328 e. The molecule has 0 aliphatic carbocycles. The lowest BCUT2D eigenvalue weighted by molar-refractivity contribution is -0.131. The number of benzene rings is 4. The van der Waals surface area contributed by atoms with Crippen LogP contribution in [0.5, 0.6) is 0 Å². The number of carboxylic acids is 1. The van der Waals surface area contributed by atoms with Crippen LogP contribution < -0.4 is 5.32 Å². The van der Waals surface area contributed by atoms with Crippen LogP contribution >= 0.6 is 0 Å². The minimum absolute atomic E-state index is 0.847. The summed E-state index contributed by atoms with van der Waals surface area (Å²) in [6, 6.07) is 35.9. The van der Waals surface area contributed by atoms with Crippen molar-refractivity contribution in [3.8, 4) is 0 Å². The molecule has 0 aliphatic heterocycles. The number of hydrogen-bond acceptors (Lipinski definition) is 3. The first-order valence-electron chi connectivity index (χ1n) is 11.8. The molecule has 180 valence electrons. The highest BCUT2D eigenvalue weighted by Gasteiger charge is 2.05. The molecular weight excluding hydrogens is 444 g/mol. The van der Waals surface area contributed by atoms with Crippen molar-refractivity contribution >= 4 is 35.2 Å². The largest absolute Gasteiger partial charge is 0.478 e. The van der Waals surface area contributed by atoms with Gasteiger partial charge in [-0.25, -0.2) is 4.79 Å². The number of nitrogens with one attached hydrogen (secondary N) is 2. The summed E-state index contributed by atoms with van der Waals surface area (Å²) in [5.74, 6) is -0.955. The van der Waals surface area contributed by atoms with Crippen LogP contribution in [0.1, 0.15) is 35.6 Å². The van der Waals surface area contributed by atoms with Crippen LogP contribution in [0.4, 0.5) is 11.4 Å². The van der Waals surface area contributed by atoms with Crippen LogP contribution in [0.25, 0.3) is 11.6 Å². The zero-order valence-corrected chi connectivity index (χ0v) is 20.3. The van der Waals surface area contributed by atoms with Gasteiger partial charge >= 0.3 is 5.97 Å². The highest BCUT2D eigenvalue weighted by Crippen LogP contribution is 2.25. The maximum Gasteiger partial charge on any atom is 0.328 e. The summed E-state index contributed by atoms with van der Waals surface area (Å²) < 4.78 is 0. The summed E-state index contributed by atoms with van der Waals surface area (Å²) >= 11 is 0. The second kappa shape index (κ2) is 13.9. The van der Waals surface area contributed by atoms with E-state index in [1.54, 1.807) is 6.08 Å². The summed E-state index contributed by atoms with van der Waals surface area (Å²) in [5, 5.41) is 19.4. The third kappa shape index (κ3) is 8.26. The topological polar surface area (TPSA) is 73.2 Å². The Hall–Kier alpha value is -4.70. The predicted octanol–water partition coefficient (Wildman–Crippen LogP) is 8.05. The molecule has 4 rings (SSSR count). The van der Waals surface area contributed by atoms with Gasteiger partial charge < -0.3 is 15.8 Å². The highest BCUT2D eigenvalue weighted by molar-refractivity contribution is 5.86. The fourth-order valence-electron chi connectivity index (χ4n) is 3.55. The summed E-state index contributed by atoms with van der Waals surface area (Å²) in [4.78, 5) is 10.6. The molecule has 3 N–H and O–H groups in total. The molecule has 0 fully saturated rings. The fourth-order valence-corrected chi connectivity index (χ4v) is 3.55. The lowest BCUT2D eigenvalue weighted by Crippen LogP contribution is -1.91. The minimum Gasteiger partial charge on any atom is -0.478 e. The lowest BCUT2D eigenvalue weighted by atomic mass is 9.95. The van der Waals surface area contributed by atoms with Crippen LogP contribution in [0.2, 0.25) is 0 Å². The fraction of sp³-hybridized carbons (Fsp3) is 0.0625. The van der Waals surface area contributed by atoms with Crippen molar-refractivity contribution in [3.63, 3.8) is 0 Å². The van der Waals surface area contributed by atoms with Gasteiger partial charge in [-0.3, -0.25) is 0 Å². The van der Waals surface area contributed by atoms with E-state index in [0.29, 0.717) is 0 Å². The molecule has 4 heteroatoms. The van der Waals surface area contributed by atoms with Crippen molar-refractivity contribution in [2.45, 2.75) is 13.3 Å². The first-order valence-corrected chi connectivity index (χ1v) is 11.8. The third-order valence-corrected chi connectivity index (χ3v) is 5.25. The van der Waals surface area contributed by atoms with Crippen LogP contribution in [-0.2, 0) is 4.79 Å². The van der Waals surface area contributed by atoms with Crippen molar-refractivity contribution in [1.82, 2.24) is 0 Å². The Labute approximate surface area is 212 Å². The van der Waals surface area contributed by atoms with E-state index in [-0.39, 0.29) is 0 Å². The van der Waals surface area contributed by atoms with Crippen LogP contribution in [-0.4, -0.2) is 17.3 Å². The van der Waals surface area contributed by atoms with Gasteiger partial charge in [-0.1, -0.05) is 91.9 Å². The Morgan fingerprint density at radius 2 is 1.39 bits per heavy atom. The van der Waals surface area contributed by atoms with Gasteiger partial charge in [0, 0.05) is 23.7 Å². The molecule has 0 saturated carbocycles. The molecule has 0 radical (unpaired) electrons. The minimum atomic E-state index is -0.955. The zero-order chi connectivity index (χ0) is 25.6. The van der Waals surface area contributed by atoms with Gasteiger partial charge in [-0.05, 0) is 70.7 Å². The molecule has 36 heavy (non-hydrogen) atoms. The van der Waals surface area contributed by atoms with E-state index in [1.807, 2.05) is 109 Å². The molecule has 0 aliphatic rings. The van der Waals surface area contributed by atoms with Gasteiger partial charge in [-0.15, -0.1) is 0 Å². The van der Waals surface area contributed by atoms with Gasteiger partial charge in [0.05, 0.1) is 0 Å². The van der Waals surface area contributed by atoms with Crippen molar-refractivity contribution in [2.75, 3.05) is 5.32 Å². The standard InChI is InChI=1S/C20H19NO2.C12H11N/c1-2-4-19(18-6-3-5-16(13-18)14-21)17-10-7-15(8-11-17)9-12-20(22)23;1-3-7-11(8-4-1)13-12-9-5-2-6-10-12/h3-14,21H,2H2,1H3,(H,22,23);1-10,13H/b12-9+,19-4-,21-14?;. The first-order chi connectivity index (χ1) is 17.6. The molecule has 0 heterocycles. The molecule has 0 aromatic heterocycles. The van der Waals surface area contributed by atoms with Crippen molar-refractivity contribution in [1.29, 1.82) is 5.41 Å². The Morgan fingerprint density at radius 3 is 1.92 bits per heavy atom. The van der Waals surface area contributed by atoms with E-state index >= 15 is 0 Å². The molecular formula is C32H30N2O2. The van der Waals surface area contributed by atoms with E-state index < -0.39 is 5.97 Å². The molecule has 0 spiro atoms. The molecule has 0 bridgehead atoms. The average molecular weight is 475 g/mol. The molecule has 4 aromatic carbocycles. The molecule has 0 unspecified atom stereocenters. The molecule has 0 atom stereocenters. The van der Waals surface area contributed by atoms with Gasteiger partial charge in [0.1, 0.15) is 0 Å². The maximum absolute atomic E-state index is 10.6. The summed E-state index contributed by atoms with van der Waals surface area (Å²) in [7, 11) is 0. The van der Waals surface area contributed by atoms with Gasteiger partial charge in [-0.2, -0.15) is 0 Å². The molecule has 0 amide bonds. The average Bonchev–Trinajstić information content (AvgIpc) is 2.92. The zero-order valence-electron chi connectivity index (χ0n) is 20.3. The Balaban J connectivity index is 0.000000233. The van der Waals surface area contributed by atoms with Crippen LogP contribution in [0, 0.1) is 5.41 Å². The summed E-state index contributed by atoms with van der Waals surface area (Å²) in [6.45, 7) is 2.09. The number of carboxylic acid groups (broad SMARTS) is 1. The van der Waals surface area contributed by atoms with Crippen LogP contribution in [0.15, 0.2) is 121 Å². The first kappa shape index (κ1) is 25.9. The van der Waals surface area contributed by atoms with E-state index in [1.165, 1.54) is 6.21 Å². The van der Waals surface area contributed by atoms with Gasteiger partial charge in [0.25, 0.3) is 0 Å². The molecule has 4 aromatic rings. The number of hydrogen-bond donors (Lipinski definition) is 3. The van der Waals surface area contributed by atoms with Gasteiger partial charge in [0.15, 0.2) is 0 Å². The SMILES string of the molecule is CC/C=C(/c1ccc(/C=C/C(=O)O)cc1)c1cccc(C=N)c1.c1ccc(Nc2ccccc2)cc1. The predicted molar refractivity (Wildman–Crippen MR) is 151 cm³/mol. The maximum atomic E-state index is 10.6. The normalized spacial score (nSPS) is 10.9. The number of rotatable bonds is 8. The second-order valence-electron chi connectivity index (χ2n) is 7.95. The highest BCUT2D eigenvalue weighted by atomic mass is 16.4. The Morgan fingerprint density at radius 1 is 0.778 bits per heavy atom. The number of aliphatic carboxylic acids is 1. The van der Waals surface area contributed by atoms with E-state index in [4.69, 9.17) is 10.5 Å². The number of anilines is 2. The number of carbonyl (C=O) groups is 1. The Bertz CT molecular complexity index is 1270. The second-order valence-corrected chi connectivity index (χ2v) is 7.95. The lowest BCUT2D eigenvalue weighted by Gasteiger charge is -2.10. The van der Waals surface area contributed by atoms with E-state index in [0.717, 1.165) is 51.7 Å². The Kier molecular flexibility index (Phi) is 9.99. The number of para-hydroxylation sites is 2. The van der Waals surface area contributed by atoms with E-state index in [2.05, 4.69) is 18.3 Å². The molecule has 0 saturated heterocycles. The third-order valence-electron chi connectivity index (χ3n) is 5.25. The van der Waals surface area contributed by atoms with Crippen molar-refractivity contribution < 1.29 is 9.90 Å². The van der Waals surface area contributed by atoms with Crippen LogP contribution in [0.3, 0.4) is 0 Å². The van der Waals surface area contributed by atoms with Gasteiger partial charge in [0.2, 0.25) is 0 Å². The van der Waals surface area contributed by atoms with Crippen molar-refractivity contribution in [3.05, 3.63) is 144 Å². The summed E-state index contributed by atoms with van der Waals surface area (Å²) in [6.07, 6.45) is 7.11. The molecule has 4 nitrogen and oxygen atoms in total. The number of allylic oxidation sites excluding steroid dienone is 1.